The molecule has 9 heteroatoms. The number of nitrogens with two attached hydrogens (primary N) is 1. The van der Waals surface area contributed by atoms with E-state index < -0.39 is 35.5 Å². The predicted molar refractivity (Wildman–Crippen MR) is 65.7 cm³/mol. The van der Waals surface area contributed by atoms with Gasteiger partial charge in [0.25, 0.3) is 5.56 Å². The molecule has 1 aliphatic rings. The smallest absolute Gasteiger partial charge is 0.330 e. The molecule has 2 rings (SSSR count). The van der Waals surface area contributed by atoms with Gasteiger partial charge in [-0.1, -0.05) is 0 Å². The highest BCUT2D eigenvalue weighted by atomic mass is 19.1. The zero-order chi connectivity index (χ0) is 14.7. The van der Waals surface area contributed by atoms with Crippen LogP contribution in [0.3, 0.4) is 0 Å². The summed E-state index contributed by atoms with van der Waals surface area (Å²) in [7, 11) is 0. The largest absolute Gasteiger partial charge is 0.394 e. The lowest BCUT2D eigenvalue weighted by atomic mass is 10.2. The molecule has 0 saturated carbocycles. The molecule has 112 valence electrons. The lowest BCUT2D eigenvalue weighted by Gasteiger charge is -2.15. The minimum absolute atomic E-state index is 0.247. The second-order valence-electron chi connectivity index (χ2n) is 4.39. The number of aromatic nitrogens is 2. The zero-order valence-electron chi connectivity index (χ0n) is 10.6. The SMILES string of the molecule is NCCO[C@H]1C[C@H](n2cc(F)c(=O)[nH]c2=O)O[C@@H]1CO. The first kappa shape index (κ1) is 14.9. The lowest BCUT2D eigenvalue weighted by Crippen LogP contribution is -2.34. The molecule has 2 heterocycles. The molecule has 0 aromatic carbocycles. The monoisotopic (exact) mass is 289 g/mol. The van der Waals surface area contributed by atoms with E-state index in [0.29, 0.717) is 6.54 Å². The van der Waals surface area contributed by atoms with E-state index in [1.54, 1.807) is 0 Å². The number of aliphatic hydroxyl groups excluding tert-OH is 1. The van der Waals surface area contributed by atoms with Crippen molar-refractivity contribution >= 4 is 0 Å². The van der Waals surface area contributed by atoms with Crippen LogP contribution in [-0.2, 0) is 9.47 Å². The molecule has 1 aliphatic heterocycles. The average molecular weight is 289 g/mol. The number of hydrogen-bond donors (Lipinski definition) is 3. The van der Waals surface area contributed by atoms with Crippen LogP contribution in [0.5, 0.6) is 0 Å². The lowest BCUT2D eigenvalue weighted by molar-refractivity contribution is -0.0612. The molecule has 0 aliphatic carbocycles. The van der Waals surface area contributed by atoms with Crippen molar-refractivity contribution in [3.05, 3.63) is 32.9 Å². The number of nitrogens with one attached hydrogen (secondary N) is 1. The first-order chi connectivity index (χ1) is 9.56. The molecular weight excluding hydrogens is 273 g/mol. The van der Waals surface area contributed by atoms with Gasteiger partial charge in [0.2, 0.25) is 5.82 Å². The van der Waals surface area contributed by atoms with Crippen LogP contribution in [0.2, 0.25) is 0 Å². The van der Waals surface area contributed by atoms with Gasteiger partial charge in [-0.3, -0.25) is 14.3 Å². The minimum Gasteiger partial charge on any atom is -0.394 e. The van der Waals surface area contributed by atoms with Crippen molar-refractivity contribution in [2.45, 2.75) is 24.9 Å². The van der Waals surface area contributed by atoms with Crippen molar-refractivity contribution in [1.29, 1.82) is 0 Å². The molecule has 1 saturated heterocycles. The Morgan fingerprint density at radius 1 is 1.60 bits per heavy atom. The fraction of sp³-hybridized carbons (Fsp3) is 0.636. The molecule has 1 fully saturated rings. The summed E-state index contributed by atoms with van der Waals surface area (Å²) in [6.45, 7) is 0.297. The number of H-pyrrole nitrogens is 1. The van der Waals surface area contributed by atoms with E-state index in [0.717, 1.165) is 10.8 Å². The maximum absolute atomic E-state index is 13.2. The third kappa shape index (κ3) is 2.96. The quantitative estimate of drug-likeness (QED) is 0.594. The molecule has 1 aromatic rings. The summed E-state index contributed by atoms with van der Waals surface area (Å²) in [4.78, 5) is 24.5. The molecule has 0 unspecified atom stereocenters. The van der Waals surface area contributed by atoms with Gasteiger partial charge in [0, 0.05) is 13.0 Å². The second-order valence-corrected chi connectivity index (χ2v) is 4.39. The molecule has 0 bridgehead atoms. The van der Waals surface area contributed by atoms with Crippen LogP contribution in [-0.4, -0.2) is 46.6 Å². The van der Waals surface area contributed by atoms with Crippen molar-refractivity contribution in [1.82, 2.24) is 9.55 Å². The third-order valence-electron chi connectivity index (χ3n) is 3.04. The molecule has 0 amide bonds. The van der Waals surface area contributed by atoms with Gasteiger partial charge in [-0.2, -0.15) is 4.39 Å². The first-order valence-corrected chi connectivity index (χ1v) is 6.15. The van der Waals surface area contributed by atoms with Gasteiger partial charge in [0.15, 0.2) is 0 Å². The van der Waals surface area contributed by atoms with Crippen molar-refractivity contribution in [3.8, 4) is 0 Å². The van der Waals surface area contributed by atoms with Crippen molar-refractivity contribution in [2.24, 2.45) is 5.73 Å². The van der Waals surface area contributed by atoms with Gasteiger partial charge >= 0.3 is 5.69 Å². The van der Waals surface area contributed by atoms with Gasteiger partial charge in [0.1, 0.15) is 12.3 Å². The number of rotatable bonds is 5. The fourth-order valence-corrected chi connectivity index (χ4v) is 2.10. The van der Waals surface area contributed by atoms with E-state index >= 15 is 0 Å². The predicted octanol–water partition coefficient (Wildman–Crippen LogP) is -1.70. The van der Waals surface area contributed by atoms with Crippen LogP contribution in [0.15, 0.2) is 15.8 Å². The van der Waals surface area contributed by atoms with Crippen LogP contribution in [0.4, 0.5) is 4.39 Å². The highest BCUT2D eigenvalue weighted by molar-refractivity contribution is 4.91. The summed E-state index contributed by atoms with van der Waals surface area (Å²) < 4.78 is 25.0. The third-order valence-corrected chi connectivity index (χ3v) is 3.04. The topological polar surface area (TPSA) is 120 Å². The normalized spacial score (nSPS) is 26.1. The van der Waals surface area contributed by atoms with Crippen LogP contribution in [0.1, 0.15) is 12.6 Å². The standard InChI is InChI=1S/C11H16FN3O5/c12-6-4-15(11(18)14-10(6)17)9-3-7(19-2-1-13)8(5-16)20-9/h4,7-9,16H,1-3,5,13H2,(H,14,17,18)/t7-,8+,9+/m0/s1. The Bertz CT molecular complexity index is 572. The summed E-state index contributed by atoms with van der Waals surface area (Å²) in [6, 6.07) is 0. The molecule has 0 radical (unpaired) electrons. The Kier molecular flexibility index (Phi) is 4.65. The average Bonchev–Trinajstić information content (AvgIpc) is 2.83. The molecular formula is C11H16FN3O5. The Hall–Kier alpha value is -1.55. The Morgan fingerprint density at radius 2 is 2.35 bits per heavy atom. The van der Waals surface area contributed by atoms with Gasteiger partial charge in [0.05, 0.1) is 25.5 Å². The second kappa shape index (κ2) is 6.27. The van der Waals surface area contributed by atoms with Gasteiger partial charge in [-0.25, -0.2) is 4.79 Å². The van der Waals surface area contributed by atoms with E-state index in [1.807, 2.05) is 4.98 Å². The van der Waals surface area contributed by atoms with Crippen LogP contribution in [0, 0.1) is 5.82 Å². The summed E-state index contributed by atoms with van der Waals surface area (Å²) >= 11 is 0. The maximum atomic E-state index is 13.2. The molecule has 1 aromatic heterocycles. The van der Waals surface area contributed by atoms with Gasteiger partial charge < -0.3 is 20.3 Å². The van der Waals surface area contributed by atoms with E-state index in [2.05, 4.69) is 0 Å². The fourth-order valence-electron chi connectivity index (χ4n) is 2.10. The van der Waals surface area contributed by atoms with E-state index in [-0.39, 0.29) is 19.6 Å². The number of aliphatic hydroxyl groups is 1. The van der Waals surface area contributed by atoms with Crippen molar-refractivity contribution in [3.63, 3.8) is 0 Å². The summed E-state index contributed by atoms with van der Waals surface area (Å²) in [5.41, 5.74) is 3.46. The first-order valence-electron chi connectivity index (χ1n) is 6.15. The Balaban J connectivity index is 2.20. The Labute approximate surface area is 112 Å². The van der Waals surface area contributed by atoms with Gasteiger partial charge in [-0.15, -0.1) is 0 Å². The number of aromatic amines is 1. The van der Waals surface area contributed by atoms with Crippen molar-refractivity contribution in [2.75, 3.05) is 19.8 Å². The highest BCUT2D eigenvalue weighted by Crippen LogP contribution is 2.29. The van der Waals surface area contributed by atoms with Gasteiger partial charge in [-0.05, 0) is 0 Å². The highest BCUT2D eigenvalue weighted by Gasteiger charge is 2.37. The summed E-state index contributed by atoms with van der Waals surface area (Å²) in [5, 5.41) is 9.21. The van der Waals surface area contributed by atoms with Crippen LogP contribution < -0.4 is 17.0 Å². The molecule has 3 atom stereocenters. The van der Waals surface area contributed by atoms with E-state index in [9.17, 15) is 19.1 Å². The molecule has 4 N–H and O–H groups in total. The number of halogens is 1. The zero-order valence-corrected chi connectivity index (χ0v) is 10.6. The number of ether oxygens (including phenoxy) is 2. The number of hydrogen-bond acceptors (Lipinski definition) is 6. The minimum atomic E-state index is -1.08. The Morgan fingerprint density at radius 3 is 3.00 bits per heavy atom. The van der Waals surface area contributed by atoms with Crippen molar-refractivity contribution < 1.29 is 19.0 Å². The summed E-state index contributed by atoms with van der Waals surface area (Å²) in [5.74, 6) is -1.08. The summed E-state index contributed by atoms with van der Waals surface area (Å²) in [6.07, 6.45) is -0.861. The molecule has 20 heavy (non-hydrogen) atoms. The van der Waals surface area contributed by atoms with E-state index in [4.69, 9.17) is 15.2 Å². The van der Waals surface area contributed by atoms with E-state index in [1.165, 1.54) is 0 Å². The number of nitrogens with zero attached hydrogens (tertiary/aromatic N) is 1. The maximum Gasteiger partial charge on any atom is 0.330 e. The van der Waals surface area contributed by atoms with Crippen LogP contribution >= 0.6 is 0 Å². The molecule has 8 nitrogen and oxygen atoms in total. The molecule has 0 spiro atoms. The van der Waals surface area contributed by atoms with Crippen LogP contribution in [0.25, 0.3) is 0 Å².